The molecule has 0 radical (unpaired) electrons. The first-order valence-electron chi connectivity index (χ1n) is 11.9. The molecule has 190 valence electrons. The molecule has 0 saturated carbocycles. The summed E-state index contributed by atoms with van der Waals surface area (Å²) in [4.78, 5) is 16.8. The molecule has 1 N–H and O–H groups in total. The smallest absolute Gasteiger partial charge is 0.331 e. The molecular formula is C25H31Cl2N3O4S. The third kappa shape index (κ3) is 6.05. The number of amides is 2. The highest BCUT2D eigenvalue weighted by molar-refractivity contribution is 7.90. The van der Waals surface area contributed by atoms with E-state index in [-0.39, 0.29) is 11.0 Å². The summed E-state index contributed by atoms with van der Waals surface area (Å²) in [5, 5.41) is 1.19. The quantitative estimate of drug-likeness (QED) is 0.577. The van der Waals surface area contributed by atoms with Crippen LogP contribution in [-0.4, -0.2) is 62.6 Å². The second-order valence-corrected chi connectivity index (χ2v) is 11.7. The number of carbonyl (C=O) groups excluding carboxylic acids is 1. The number of nitrogens with zero attached hydrogens (tertiary/aromatic N) is 2. The van der Waals surface area contributed by atoms with Crippen LogP contribution in [0.25, 0.3) is 0 Å². The van der Waals surface area contributed by atoms with Crippen LogP contribution >= 0.6 is 23.2 Å². The summed E-state index contributed by atoms with van der Waals surface area (Å²) in [5.74, 6) is 0.673. The van der Waals surface area contributed by atoms with Crippen molar-refractivity contribution >= 4 is 39.3 Å². The van der Waals surface area contributed by atoms with Crippen LogP contribution in [0.3, 0.4) is 0 Å². The molecule has 2 aromatic carbocycles. The van der Waals surface area contributed by atoms with E-state index in [1.807, 2.05) is 19.1 Å². The minimum atomic E-state index is -3.90. The zero-order chi connectivity index (χ0) is 25.2. The summed E-state index contributed by atoms with van der Waals surface area (Å²) in [7, 11) is -3.90. The summed E-state index contributed by atoms with van der Waals surface area (Å²) in [6, 6.07) is 10.1. The number of rotatable bonds is 5. The molecule has 2 fully saturated rings. The van der Waals surface area contributed by atoms with Crippen LogP contribution < -0.4 is 9.46 Å². The van der Waals surface area contributed by atoms with Crippen molar-refractivity contribution in [2.24, 2.45) is 0 Å². The minimum Gasteiger partial charge on any atom is -0.489 e. The summed E-state index contributed by atoms with van der Waals surface area (Å²) in [6.45, 7) is 6.46. The van der Waals surface area contributed by atoms with E-state index in [4.69, 9.17) is 27.9 Å². The van der Waals surface area contributed by atoms with Crippen molar-refractivity contribution < 1.29 is 17.9 Å². The summed E-state index contributed by atoms with van der Waals surface area (Å²) in [5.41, 5.74) is 1.43. The van der Waals surface area contributed by atoms with Crippen molar-refractivity contribution in [2.45, 2.75) is 56.6 Å². The highest BCUT2D eigenvalue weighted by Gasteiger charge is 2.32. The van der Waals surface area contributed by atoms with Gasteiger partial charge >= 0.3 is 6.03 Å². The molecule has 0 aliphatic carbocycles. The summed E-state index contributed by atoms with van der Waals surface area (Å²) >= 11 is 12.5. The van der Waals surface area contributed by atoms with Crippen molar-refractivity contribution in [3.8, 4) is 5.75 Å². The lowest BCUT2D eigenvalue weighted by molar-refractivity contribution is 0.0540. The van der Waals surface area contributed by atoms with E-state index in [1.165, 1.54) is 6.07 Å². The number of hydrogen-bond donors (Lipinski definition) is 1. The number of aryl methyl sites for hydroxylation is 1. The maximum atomic E-state index is 12.7. The Balaban J connectivity index is 1.25. The number of piperidine rings is 2. The van der Waals surface area contributed by atoms with Gasteiger partial charge in [0.2, 0.25) is 0 Å². The number of hydrogen-bond acceptors (Lipinski definition) is 5. The Kier molecular flexibility index (Phi) is 8.16. The maximum absolute atomic E-state index is 12.7. The number of likely N-dealkylation sites (tertiary alicyclic amines) is 2. The van der Waals surface area contributed by atoms with Gasteiger partial charge in [-0.15, -0.1) is 0 Å². The average Bonchev–Trinajstić information content (AvgIpc) is 2.85. The minimum absolute atomic E-state index is 0.0989. The van der Waals surface area contributed by atoms with Crippen molar-refractivity contribution in [3.05, 3.63) is 57.6 Å². The van der Waals surface area contributed by atoms with E-state index in [2.05, 4.69) is 9.62 Å². The first-order valence-corrected chi connectivity index (χ1v) is 14.1. The fourth-order valence-corrected chi connectivity index (χ4v) is 6.43. The second-order valence-electron chi connectivity index (χ2n) is 9.23. The van der Waals surface area contributed by atoms with Crippen molar-refractivity contribution in [1.82, 2.24) is 14.5 Å². The van der Waals surface area contributed by atoms with Gasteiger partial charge in [0, 0.05) is 37.2 Å². The molecule has 2 aliphatic rings. The Hall–Kier alpha value is -2.00. The fraction of sp³-hybridized carbons (Fsp3) is 0.480. The largest absolute Gasteiger partial charge is 0.489 e. The van der Waals surface area contributed by atoms with Crippen LogP contribution in [0.1, 0.15) is 36.8 Å². The van der Waals surface area contributed by atoms with Crippen molar-refractivity contribution in [1.29, 1.82) is 0 Å². The molecule has 0 unspecified atom stereocenters. The van der Waals surface area contributed by atoms with Crippen molar-refractivity contribution in [3.63, 3.8) is 0 Å². The topological polar surface area (TPSA) is 79.0 Å². The number of benzene rings is 2. The molecule has 2 heterocycles. The number of sulfonamides is 1. The average molecular weight is 541 g/mol. The molecule has 0 bridgehead atoms. The van der Waals surface area contributed by atoms with Crippen LogP contribution in [0.2, 0.25) is 10.0 Å². The predicted molar refractivity (Wildman–Crippen MR) is 138 cm³/mol. The molecule has 10 heteroatoms. The van der Waals surface area contributed by atoms with Gasteiger partial charge < -0.3 is 9.64 Å². The van der Waals surface area contributed by atoms with Gasteiger partial charge in [-0.1, -0.05) is 41.4 Å². The van der Waals surface area contributed by atoms with Gasteiger partial charge in [0.15, 0.2) is 0 Å². The highest BCUT2D eigenvalue weighted by atomic mass is 35.5. The van der Waals surface area contributed by atoms with Crippen LogP contribution in [0.5, 0.6) is 5.75 Å². The summed E-state index contributed by atoms with van der Waals surface area (Å²) in [6.07, 6.45) is 3.51. The van der Waals surface area contributed by atoms with Gasteiger partial charge in [0.05, 0.1) is 9.92 Å². The zero-order valence-electron chi connectivity index (χ0n) is 20.0. The van der Waals surface area contributed by atoms with Gasteiger partial charge in [0.25, 0.3) is 10.0 Å². The Labute approximate surface area is 217 Å². The number of nitrogens with one attached hydrogen (secondary N) is 1. The van der Waals surface area contributed by atoms with E-state index in [1.54, 1.807) is 30.0 Å². The number of halogens is 2. The van der Waals surface area contributed by atoms with Crippen LogP contribution in [0, 0.1) is 13.8 Å². The SMILES string of the molecule is Cc1ccccc1S(=O)(=O)NC(=O)N1CCC(N2CCC(Oc3ccc(Cl)c(C)c3Cl)CC2)CC1. The van der Waals surface area contributed by atoms with Gasteiger partial charge in [-0.25, -0.2) is 17.9 Å². The van der Waals surface area contributed by atoms with Crippen molar-refractivity contribution in [2.75, 3.05) is 26.2 Å². The van der Waals surface area contributed by atoms with E-state index in [0.717, 1.165) is 44.3 Å². The molecule has 2 aliphatic heterocycles. The highest BCUT2D eigenvalue weighted by Crippen LogP contribution is 2.34. The standard InChI is InChI=1S/C25H31Cl2N3O4S/c1-17-5-3-4-6-23(17)35(32,33)28-25(31)30-13-9-19(10-14-30)29-15-11-20(12-16-29)34-22-8-7-21(26)18(2)24(22)27/h3-8,19-20H,9-16H2,1-2H3,(H,28,31). The molecule has 0 aromatic heterocycles. The molecule has 2 amide bonds. The van der Waals surface area contributed by atoms with Crippen LogP contribution in [-0.2, 0) is 10.0 Å². The Morgan fingerprint density at radius 3 is 2.29 bits per heavy atom. The number of urea groups is 1. The lowest BCUT2D eigenvalue weighted by atomic mass is 9.99. The molecule has 7 nitrogen and oxygen atoms in total. The molecule has 0 spiro atoms. The number of ether oxygens (including phenoxy) is 1. The lowest BCUT2D eigenvalue weighted by Crippen LogP contribution is -2.52. The van der Waals surface area contributed by atoms with Crippen LogP contribution in [0.15, 0.2) is 41.3 Å². The third-order valence-corrected chi connectivity index (χ3v) is 9.29. The normalized spacial score (nSPS) is 18.5. The molecular weight excluding hydrogens is 509 g/mol. The first kappa shape index (κ1) is 26.1. The molecule has 2 saturated heterocycles. The Bertz CT molecular complexity index is 1180. The van der Waals surface area contributed by atoms with Gasteiger partial charge in [-0.2, -0.15) is 0 Å². The van der Waals surface area contributed by atoms with Crippen LogP contribution in [0.4, 0.5) is 4.79 Å². The Morgan fingerprint density at radius 1 is 0.971 bits per heavy atom. The summed E-state index contributed by atoms with van der Waals surface area (Å²) < 4.78 is 33.7. The molecule has 4 rings (SSSR count). The van der Waals surface area contributed by atoms with E-state index in [0.29, 0.717) is 40.5 Å². The predicted octanol–water partition coefficient (Wildman–Crippen LogP) is 5.02. The van der Waals surface area contributed by atoms with Gasteiger partial charge in [-0.05, 0) is 68.9 Å². The molecule has 0 atom stereocenters. The third-order valence-electron chi connectivity index (χ3n) is 6.93. The lowest BCUT2D eigenvalue weighted by Gasteiger charge is -2.41. The Morgan fingerprint density at radius 2 is 1.63 bits per heavy atom. The van der Waals surface area contributed by atoms with E-state index in [9.17, 15) is 13.2 Å². The zero-order valence-corrected chi connectivity index (χ0v) is 22.3. The van der Waals surface area contributed by atoms with E-state index >= 15 is 0 Å². The molecule has 2 aromatic rings. The maximum Gasteiger partial charge on any atom is 0.331 e. The van der Waals surface area contributed by atoms with Gasteiger partial charge in [0.1, 0.15) is 11.9 Å². The molecule has 35 heavy (non-hydrogen) atoms. The van der Waals surface area contributed by atoms with Gasteiger partial charge in [-0.3, -0.25) is 4.90 Å². The fourth-order valence-electron chi connectivity index (χ4n) is 4.79. The first-order chi connectivity index (χ1) is 16.7. The number of carbonyl (C=O) groups is 1. The monoisotopic (exact) mass is 539 g/mol. The second kappa shape index (κ2) is 10.9. The van der Waals surface area contributed by atoms with E-state index < -0.39 is 16.1 Å².